The standard InChI is InChI=1S/C65H115N11O13/c1-27-29-30-42(15)54(78)53-58(82)68-45(28-2)60(84)70(20)35-50(77)71(21)49(34-65(18,19)89-41(13)14)57(81)69-51(39(9)10)63(87)72(22)46(31-36(3)4)56(80)66-43(16)55(79)67-44(17)59(83)73(23)47(32-37(5)6)61(85)74(24)48(33-38(7)8)62(86)75(25)52(40(11)12)64(88)76(53)26/h27,29,36-40,42-49,51-54,78H,13,28,30-35H2,1-12,14-26H3,(H,66,80)(H,67,79)(H,68,82)(H,69,81)/b29-27+/t42-,43-,44+,45-,46-,47-,48-,49+,51-,52-,53?,54-/m1/s1. The molecule has 0 saturated carbocycles. The summed E-state index contributed by atoms with van der Waals surface area (Å²) < 4.78 is 6.02. The molecule has 24 heteroatoms. The van der Waals surface area contributed by atoms with E-state index in [9.17, 15) is 48.3 Å². The molecule has 24 nitrogen and oxygen atoms in total. The summed E-state index contributed by atoms with van der Waals surface area (Å²) >= 11 is 0. The highest BCUT2D eigenvalue weighted by Gasteiger charge is 2.46. The van der Waals surface area contributed by atoms with Crippen molar-refractivity contribution >= 4 is 65.0 Å². The zero-order chi connectivity index (χ0) is 69.2. The molecule has 1 aliphatic rings. The summed E-state index contributed by atoms with van der Waals surface area (Å²) in [5, 5.41) is 23.1. The average Bonchev–Trinajstić information content (AvgIpc) is 0.912. The van der Waals surface area contributed by atoms with Crippen LogP contribution in [0.1, 0.15) is 163 Å². The number of amides is 11. The molecule has 1 rings (SSSR count). The van der Waals surface area contributed by atoms with Crippen LogP contribution in [0.3, 0.4) is 0 Å². The predicted octanol–water partition coefficient (Wildman–Crippen LogP) is 3.94. The predicted molar refractivity (Wildman–Crippen MR) is 344 cm³/mol. The molecule has 11 amide bonds. The normalized spacial score (nSPS) is 26.3. The number of aliphatic hydroxyl groups excluding tert-OH is 1. The smallest absolute Gasteiger partial charge is 0.246 e. The van der Waals surface area contributed by atoms with Gasteiger partial charge in [-0.2, -0.15) is 0 Å². The first kappa shape index (κ1) is 80.4. The molecule has 0 aromatic carbocycles. The van der Waals surface area contributed by atoms with Crippen LogP contribution >= 0.6 is 0 Å². The van der Waals surface area contributed by atoms with E-state index in [1.165, 1.54) is 82.8 Å². The third kappa shape index (κ3) is 23.0. The first-order chi connectivity index (χ1) is 40.9. The molecular formula is C65H115N11O13. The van der Waals surface area contributed by atoms with Crippen LogP contribution in [0.25, 0.3) is 0 Å². The van der Waals surface area contributed by atoms with Gasteiger partial charge in [-0.25, -0.2) is 0 Å². The van der Waals surface area contributed by atoms with Gasteiger partial charge in [0.15, 0.2) is 0 Å². The lowest BCUT2D eigenvalue weighted by Gasteiger charge is -2.41. The first-order valence-corrected chi connectivity index (χ1v) is 31.6. The number of likely N-dealkylation sites (N-methyl/N-ethyl adjacent to an activating group) is 7. The summed E-state index contributed by atoms with van der Waals surface area (Å²) in [6, 6.07) is -12.8. The molecule has 0 aromatic rings. The summed E-state index contributed by atoms with van der Waals surface area (Å²) in [6.07, 6.45) is 2.63. The topological polar surface area (TPSA) is 288 Å². The van der Waals surface area contributed by atoms with Gasteiger partial charge in [0.05, 0.1) is 18.4 Å². The minimum Gasteiger partial charge on any atom is -0.493 e. The summed E-state index contributed by atoms with van der Waals surface area (Å²) in [6.45, 7) is 34.3. The van der Waals surface area contributed by atoms with Gasteiger partial charge in [-0.15, -0.1) is 0 Å². The monoisotopic (exact) mass is 1260 g/mol. The number of hydrogen-bond donors (Lipinski definition) is 5. The van der Waals surface area contributed by atoms with Crippen molar-refractivity contribution < 1.29 is 62.6 Å². The van der Waals surface area contributed by atoms with Crippen LogP contribution in [0.2, 0.25) is 0 Å². The van der Waals surface area contributed by atoms with Crippen LogP contribution < -0.4 is 21.3 Å². The van der Waals surface area contributed by atoms with E-state index in [2.05, 4.69) is 27.8 Å². The summed E-state index contributed by atoms with van der Waals surface area (Å²) in [5.41, 5.74) is -1.13. The first-order valence-electron chi connectivity index (χ1n) is 31.6. The molecule has 0 spiro atoms. The average molecular weight is 1260 g/mol. The quantitative estimate of drug-likeness (QED) is 0.102. The maximum absolute atomic E-state index is 15.2. The van der Waals surface area contributed by atoms with E-state index in [1.807, 2.05) is 41.5 Å². The molecule has 508 valence electrons. The van der Waals surface area contributed by atoms with Gasteiger partial charge in [0.25, 0.3) is 0 Å². The molecule has 0 bridgehead atoms. The van der Waals surface area contributed by atoms with E-state index in [0.717, 1.165) is 14.7 Å². The van der Waals surface area contributed by atoms with Gasteiger partial charge in [-0.1, -0.05) is 102 Å². The van der Waals surface area contributed by atoms with Crippen LogP contribution in [0.5, 0.6) is 0 Å². The fourth-order valence-corrected chi connectivity index (χ4v) is 11.2. The van der Waals surface area contributed by atoms with Gasteiger partial charge in [0.1, 0.15) is 66.0 Å². The van der Waals surface area contributed by atoms with Gasteiger partial charge in [0, 0.05) is 55.8 Å². The Morgan fingerprint density at radius 1 is 0.562 bits per heavy atom. The molecule has 0 radical (unpaired) electrons. The van der Waals surface area contributed by atoms with Crippen molar-refractivity contribution in [1.82, 2.24) is 55.6 Å². The van der Waals surface area contributed by atoms with E-state index in [-0.39, 0.29) is 49.9 Å². The van der Waals surface area contributed by atoms with Gasteiger partial charge < -0.3 is 65.4 Å². The Morgan fingerprint density at radius 3 is 1.47 bits per heavy atom. The van der Waals surface area contributed by atoms with Gasteiger partial charge >= 0.3 is 0 Å². The van der Waals surface area contributed by atoms with E-state index < -0.39 is 161 Å². The Morgan fingerprint density at radius 2 is 1.01 bits per heavy atom. The summed E-state index contributed by atoms with van der Waals surface area (Å²) in [7, 11) is 9.80. The molecule has 1 unspecified atom stereocenters. The Hall–Kier alpha value is -6.59. The van der Waals surface area contributed by atoms with Gasteiger partial charge in [-0.3, -0.25) is 52.7 Å². The fraction of sp³-hybridized carbons (Fsp3) is 0.769. The van der Waals surface area contributed by atoms with Crippen LogP contribution in [0.15, 0.2) is 24.5 Å². The highest BCUT2D eigenvalue weighted by atomic mass is 16.5. The third-order valence-corrected chi connectivity index (χ3v) is 16.5. The second-order valence-corrected chi connectivity index (χ2v) is 27.2. The second-order valence-electron chi connectivity index (χ2n) is 27.2. The van der Waals surface area contributed by atoms with Crippen molar-refractivity contribution in [2.24, 2.45) is 35.5 Å². The van der Waals surface area contributed by atoms with Crippen LogP contribution in [0, 0.1) is 35.5 Å². The van der Waals surface area contributed by atoms with Crippen molar-refractivity contribution in [2.45, 2.75) is 235 Å². The molecule has 0 aliphatic carbocycles. The highest BCUT2D eigenvalue weighted by molar-refractivity contribution is 5.99. The minimum absolute atomic E-state index is 0.00582. The molecule has 1 heterocycles. The number of nitrogens with zero attached hydrogens (tertiary/aromatic N) is 7. The number of rotatable bonds is 17. The third-order valence-electron chi connectivity index (χ3n) is 16.5. The van der Waals surface area contributed by atoms with E-state index in [4.69, 9.17) is 4.74 Å². The lowest BCUT2D eigenvalue weighted by Crippen LogP contribution is -2.63. The maximum Gasteiger partial charge on any atom is 0.246 e. The maximum atomic E-state index is 15.2. The van der Waals surface area contributed by atoms with E-state index in [0.29, 0.717) is 12.2 Å². The Balaban J connectivity index is 4.41. The van der Waals surface area contributed by atoms with Gasteiger partial charge in [-0.05, 0) is 109 Å². The van der Waals surface area contributed by atoms with E-state index >= 15 is 9.59 Å². The van der Waals surface area contributed by atoms with Crippen molar-refractivity contribution in [1.29, 1.82) is 0 Å². The number of aliphatic hydroxyl groups is 1. The second kappa shape index (κ2) is 35.7. The number of hydrogen-bond acceptors (Lipinski definition) is 13. The summed E-state index contributed by atoms with van der Waals surface area (Å²) in [4.78, 5) is 170. The number of allylic oxidation sites excluding steroid dienone is 3. The lowest BCUT2D eigenvalue weighted by atomic mass is 9.91. The Bertz CT molecular complexity index is 2500. The zero-order valence-electron chi connectivity index (χ0n) is 58.6. The van der Waals surface area contributed by atoms with Gasteiger partial charge in [0.2, 0.25) is 65.0 Å². The molecule has 1 fully saturated rings. The molecule has 1 saturated heterocycles. The minimum atomic E-state index is -1.63. The SMILES string of the molecule is C=C(C)OC(C)(C)C[C@H]1C(=O)N[C@H](C(C)C)C(=O)N(C)[C@H](CC(C)C)C(=O)N[C@H](C)C(=O)N[C@@H](C)C(=O)N(C)[C@H](CC(C)C)C(=O)N(C)[C@H](CC(C)C)C(=O)N(C)[C@H](C(C)C)C(=O)N(C)C([C@H](O)[C@H](C)C/C=C/C)C(=O)N[C@H](CC)C(=O)N(C)CC(=O)N1C. The fourth-order valence-electron chi connectivity index (χ4n) is 11.2. The number of nitrogens with one attached hydrogen (secondary N) is 4. The Kier molecular flexibility index (Phi) is 32.3. The molecule has 0 aromatic heterocycles. The zero-order valence-corrected chi connectivity index (χ0v) is 58.6. The highest BCUT2D eigenvalue weighted by Crippen LogP contribution is 2.27. The van der Waals surface area contributed by atoms with Crippen LogP contribution in [-0.2, 0) is 57.5 Å². The van der Waals surface area contributed by atoms with Crippen molar-refractivity contribution in [3.05, 3.63) is 24.5 Å². The molecule has 5 N–H and O–H groups in total. The number of carbonyl (C=O) groups is 11. The molecular weight excluding hydrogens is 1140 g/mol. The van der Waals surface area contributed by atoms with Crippen molar-refractivity contribution in [3.63, 3.8) is 0 Å². The largest absolute Gasteiger partial charge is 0.493 e. The molecule has 1 aliphatic heterocycles. The number of ether oxygens (including phenoxy) is 1. The van der Waals surface area contributed by atoms with Crippen molar-refractivity contribution in [3.8, 4) is 0 Å². The van der Waals surface area contributed by atoms with Crippen molar-refractivity contribution in [2.75, 3.05) is 55.9 Å². The van der Waals surface area contributed by atoms with E-state index in [1.54, 1.807) is 81.4 Å². The van der Waals surface area contributed by atoms with Crippen LogP contribution in [0.4, 0.5) is 0 Å². The lowest BCUT2D eigenvalue weighted by molar-refractivity contribution is -0.157. The van der Waals surface area contributed by atoms with Crippen LogP contribution in [-0.4, -0.2) is 232 Å². The molecule has 12 atom stereocenters. The molecule has 89 heavy (non-hydrogen) atoms. The summed E-state index contributed by atoms with van der Waals surface area (Å²) in [5.74, 6) is -9.75. The Labute approximate surface area is 532 Å². The number of carbonyl (C=O) groups excluding carboxylic acids is 11.